The number of esters is 1. The number of nitrogens with zero attached hydrogens (tertiary/aromatic N) is 1. The minimum absolute atomic E-state index is 0.0918. The first kappa shape index (κ1) is 38.5. The second-order valence-electron chi connectivity index (χ2n) is 12.8. The number of hydrogen-bond acceptors (Lipinski definition) is 6. The molecule has 2 atom stereocenters. The number of likely N-dealkylation sites (tertiary alicyclic amines) is 1. The van der Waals surface area contributed by atoms with Gasteiger partial charge in [0, 0.05) is 25.5 Å². The molecule has 9 heteroatoms. The number of quaternary nitrogens is 1. The summed E-state index contributed by atoms with van der Waals surface area (Å²) in [5.74, 6) is -0.125. The van der Waals surface area contributed by atoms with Crippen molar-refractivity contribution in [3.05, 3.63) is 41.6 Å². The van der Waals surface area contributed by atoms with Gasteiger partial charge in [-0.05, 0) is 19.3 Å². The molecule has 1 fully saturated rings. The number of hydrogen-bond donors (Lipinski definition) is 1. The molecular weight excluding hydrogens is 577 g/mol. The summed E-state index contributed by atoms with van der Waals surface area (Å²) >= 11 is 0. The Morgan fingerprint density at radius 3 is 1.98 bits per heavy atom. The van der Waals surface area contributed by atoms with Crippen LogP contribution in [0, 0.1) is 0 Å². The SMILES string of the molecule is CCCCCCCCCCCCCCCCOCC(COP(=O)(O)OC(=C1CCCC[N+]1(C)C)c1ccccc1)OC(C)=O. The molecule has 0 aliphatic carbocycles. The first-order valence-electron chi connectivity index (χ1n) is 17.2. The topological polar surface area (TPSA) is 91.3 Å². The average Bonchev–Trinajstić information content (AvgIpc) is 2.98. The fourth-order valence-corrected chi connectivity index (χ4v) is 6.62. The van der Waals surface area contributed by atoms with Gasteiger partial charge in [0.15, 0.2) is 11.5 Å². The van der Waals surface area contributed by atoms with Gasteiger partial charge in [0.2, 0.25) is 0 Å². The van der Waals surface area contributed by atoms with Gasteiger partial charge in [0.1, 0.15) is 6.10 Å². The molecule has 252 valence electrons. The Bertz CT molecular complexity index is 998. The molecule has 1 saturated heterocycles. The van der Waals surface area contributed by atoms with E-state index in [1.165, 1.54) is 84.0 Å². The van der Waals surface area contributed by atoms with Crippen LogP contribution in [0.1, 0.15) is 129 Å². The van der Waals surface area contributed by atoms with Gasteiger partial charge in [0.05, 0.1) is 33.9 Å². The van der Waals surface area contributed by atoms with Crippen molar-refractivity contribution in [3.63, 3.8) is 0 Å². The molecule has 1 aromatic rings. The Hall–Kier alpha value is -1.70. The Morgan fingerprint density at radius 2 is 1.43 bits per heavy atom. The highest BCUT2D eigenvalue weighted by atomic mass is 31.2. The molecule has 8 nitrogen and oxygen atoms in total. The van der Waals surface area contributed by atoms with Gasteiger partial charge < -0.3 is 14.0 Å². The van der Waals surface area contributed by atoms with E-state index >= 15 is 0 Å². The molecule has 0 amide bonds. The zero-order chi connectivity index (χ0) is 32.1. The summed E-state index contributed by atoms with van der Waals surface area (Å²) in [6, 6.07) is 9.37. The van der Waals surface area contributed by atoms with Crippen LogP contribution in [0.4, 0.5) is 0 Å². The average molecular weight is 639 g/mol. The molecular formula is C35H61NO7P+. The molecule has 0 aromatic heterocycles. The first-order chi connectivity index (χ1) is 21.1. The molecule has 0 bridgehead atoms. The Kier molecular flexibility index (Phi) is 19.2. The zero-order valence-corrected chi connectivity index (χ0v) is 29.0. The fraction of sp³-hybridized carbons (Fsp3) is 0.743. The molecule has 2 rings (SSSR count). The van der Waals surface area contributed by atoms with E-state index in [-0.39, 0.29) is 13.2 Å². The number of carbonyl (C=O) groups excluding carboxylic acids is 1. The van der Waals surface area contributed by atoms with Crippen molar-refractivity contribution in [1.29, 1.82) is 0 Å². The van der Waals surface area contributed by atoms with Crippen molar-refractivity contribution in [2.24, 2.45) is 0 Å². The number of piperidine rings is 1. The van der Waals surface area contributed by atoms with Crippen LogP contribution in [0.25, 0.3) is 5.76 Å². The normalized spacial score (nSPS) is 17.9. The summed E-state index contributed by atoms with van der Waals surface area (Å²) in [5.41, 5.74) is 1.68. The Balaban J connectivity index is 1.72. The number of benzene rings is 1. The Morgan fingerprint density at radius 1 is 0.864 bits per heavy atom. The van der Waals surface area contributed by atoms with Gasteiger partial charge in [-0.3, -0.25) is 18.7 Å². The van der Waals surface area contributed by atoms with Crippen LogP contribution in [0.2, 0.25) is 0 Å². The van der Waals surface area contributed by atoms with Gasteiger partial charge in [0.25, 0.3) is 0 Å². The smallest absolute Gasteiger partial charge is 0.458 e. The lowest BCUT2D eigenvalue weighted by atomic mass is 10.0. The molecule has 1 heterocycles. The summed E-state index contributed by atoms with van der Waals surface area (Å²) in [5, 5.41) is 0. The van der Waals surface area contributed by atoms with Gasteiger partial charge >= 0.3 is 13.8 Å². The van der Waals surface area contributed by atoms with E-state index in [2.05, 4.69) is 21.0 Å². The highest BCUT2D eigenvalue weighted by molar-refractivity contribution is 7.47. The highest BCUT2D eigenvalue weighted by Crippen LogP contribution is 2.50. The molecule has 1 aromatic carbocycles. The summed E-state index contributed by atoms with van der Waals surface area (Å²) in [4.78, 5) is 22.4. The second-order valence-corrected chi connectivity index (χ2v) is 14.1. The van der Waals surface area contributed by atoms with E-state index in [9.17, 15) is 14.3 Å². The fourth-order valence-electron chi connectivity index (χ4n) is 5.77. The van der Waals surface area contributed by atoms with E-state index in [0.717, 1.165) is 49.9 Å². The third kappa shape index (κ3) is 16.6. The van der Waals surface area contributed by atoms with Crippen LogP contribution in [0.5, 0.6) is 0 Å². The quantitative estimate of drug-likeness (QED) is 0.0397. The minimum Gasteiger partial charge on any atom is -0.458 e. The highest BCUT2D eigenvalue weighted by Gasteiger charge is 2.36. The molecule has 1 aliphatic rings. The lowest BCUT2D eigenvalue weighted by Gasteiger charge is -2.36. The van der Waals surface area contributed by atoms with E-state index in [1.807, 2.05) is 30.3 Å². The van der Waals surface area contributed by atoms with Crippen LogP contribution in [0.15, 0.2) is 36.0 Å². The zero-order valence-electron chi connectivity index (χ0n) is 28.1. The van der Waals surface area contributed by atoms with Crippen LogP contribution >= 0.6 is 7.82 Å². The predicted octanol–water partition coefficient (Wildman–Crippen LogP) is 9.18. The summed E-state index contributed by atoms with van der Waals surface area (Å²) in [6.45, 7) is 4.81. The van der Waals surface area contributed by atoms with Crippen molar-refractivity contribution in [2.75, 3.05) is 40.5 Å². The van der Waals surface area contributed by atoms with Crippen molar-refractivity contribution in [1.82, 2.24) is 0 Å². The van der Waals surface area contributed by atoms with Gasteiger partial charge in [-0.25, -0.2) is 4.57 Å². The summed E-state index contributed by atoms with van der Waals surface area (Å²) in [7, 11) is -0.366. The van der Waals surface area contributed by atoms with Crippen molar-refractivity contribution >= 4 is 19.6 Å². The van der Waals surface area contributed by atoms with Crippen molar-refractivity contribution in [3.8, 4) is 0 Å². The second kappa shape index (κ2) is 21.9. The minimum atomic E-state index is -4.53. The van der Waals surface area contributed by atoms with E-state index in [1.54, 1.807) is 0 Å². The van der Waals surface area contributed by atoms with Gasteiger partial charge in [-0.2, -0.15) is 0 Å². The number of rotatable bonds is 24. The third-order valence-electron chi connectivity index (χ3n) is 8.32. The van der Waals surface area contributed by atoms with Gasteiger partial charge in [-0.1, -0.05) is 121 Å². The molecule has 1 aliphatic heterocycles. The third-order valence-corrected chi connectivity index (χ3v) is 9.21. The number of allylic oxidation sites excluding steroid dienone is 1. The molecule has 0 saturated carbocycles. The first-order valence-corrected chi connectivity index (χ1v) is 18.7. The lowest BCUT2D eigenvalue weighted by molar-refractivity contribution is -0.857. The van der Waals surface area contributed by atoms with Crippen LogP contribution < -0.4 is 0 Å². The number of phosphoric ester groups is 1. The maximum atomic E-state index is 13.2. The van der Waals surface area contributed by atoms with E-state index < -0.39 is 19.9 Å². The van der Waals surface area contributed by atoms with Crippen molar-refractivity contribution in [2.45, 2.75) is 129 Å². The van der Waals surface area contributed by atoms with Gasteiger partial charge in [-0.15, -0.1) is 0 Å². The molecule has 2 unspecified atom stereocenters. The maximum absolute atomic E-state index is 13.2. The molecule has 0 spiro atoms. The van der Waals surface area contributed by atoms with Crippen LogP contribution in [-0.4, -0.2) is 61.9 Å². The summed E-state index contributed by atoms with van der Waals surface area (Å²) in [6.07, 6.45) is 20.1. The molecule has 0 radical (unpaired) electrons. The predicted molar refractivity (Wildman–Crippen MR) is 178 cm³/mol. The largest absolute Gasteiger partial charge is 0.527 e. The number of ether oxygens (including phenoxy) is 2. The number of phosphoric acid groups is 1. The molecule has 44 heavy (non-hydrogen) atoms. The van der Waals surface area contributed by atoms with Crippen LogP contribution in [0.3, 0.4) is 0 Å². The van der Waals surface area contributed by atoms with Crippen LogP contribution in [-0.2, 0) is 27.9 Å². The van der Waals surface area contributed by atoms with E-state index in [4.69, 9.17) is 18.5 Å². The summed E-state index contributed by atoms with van der Waals surface area (Å²) < 4.78 is 35.9. The number of carbonyl (C=O) groups is 1. The molecule has 1 N–H and O–H groups in total. The maximum Gasteiger partial charge on any atom is 0.527 e. The van der Waals surface area contributed by atoms with E-state index in [0.29, 0.717) is 16.8 Å². The number of unbranched alkanes of at least 4 members (excludes halogenated alkanes) is 13. The Labute approximate surface area is 267 Å². The monoisotopic (exact) mass is 638 g/mol. The standard InChI is InChI=1S/C35H60NO7P/c1-5-6-7-8-9-10-11-12-13-14-15-16-17-23-28-40-29-33(42-31(2)37)30-41-44(38,39)43-35(32-24-19-18-20-25-32)34-26-21-22-27-36(34,3)4/h18-20,24-25,33H,5-17,21-23,26-30H2,1-4H3/p+1. The lowest BCUT2D eigenvalue weighted by Crippen LogP contribution is -2.42. The van der Waals surface area contributed by atoms with Crippen molar-refractivity contribution < 1.29 is 37.3 Å².